The first kappa shape index (κ1) is 12.4. The minimum Gasteiger partial charge on any atom is -0.493 e. The molecule has 0 bridgehead atoms. The number of rotatable bonds is 2. The van der Waals surface area contributed by atoms with Crippen molar-refractivity contribution in [2.45, 2.75) is 18.6 Å². The third-order valence-corrected chi connectivity index (χ3v) is 4.53. The van der Waals surface area contributed by atoms with E-state index in [4.69, 9.17) is 31.8 Å². The lowest BCUT2D eigenvalue weighted by Crippen LogP contribution is -2.02. The van der Waals surface area contributed by atoms with Crippen molar-refractivity contribution in [1.82, 2.24) is 0 Å². The van der Waals surface area contributed by atoms with Crippen molar-refractivity contribution in [2.75, 3.05) is 13.2 Å². The zero-order valence-electron chi connectivity index (χ0n) is 9.33. The second kappa shape index (κ2) is 4.18. The van der Waals surface area contributed by atoms with Gasteiger partial charge in [-0.25, -0.2) is 8.42 Å². The van der Waals surface area contributed by atoms with Gasteiger partial charge in [0.15, 0.2) is 0 Å². The van der Waals surface area contributed by atoms with Gasteiger partial charge in [0.05, 0.1) is 24.0 Å². The highest BCUT2D eigenvalue weighted by Crippen LogP contribution is 2.47. The summed E-state index contributed by atoms with van der Waals surface area (Å²) in [6, 6.07) is 0. The Labute approximate surface area is 114 Å². The van der Waals surface area contributed by atoms with Gasteiger partial charge in [0, 0.05) is 40.2 Å². The predicted octanol–water partition coefficient (Wildman–Crippen LogP) is 2.28. The number of fused-ring (bicyclic) bond motifs is 2. The molecule has 0 spiro atoms. The second-order valence-electron chi connectivity index (χ2n) is 4.29. The number of ether oxygens (including phenoxy) is 2. The van der Waals surface area contributed by atoms with Crippen LogP contribution in [0.15, 0.2) is 0 Å². The molecule has 4 nitrogen and oxygen atoms in total. The van der Waals surface area contributed by atoms with Crippen LogP contribution in [0.25, 0.3) is 0 Å². The Morgan fingerprint density at radius 1 is 1.06 bits per heavy atom. The number of halogens is 2. The molecule has 0 amide bonds. The fraction of sp³-hybridized carbons (Fsp3) is 0.455. The van der Waals surface area contributed by atoms with Gasteiger partial charge < -0.3 is 9.47 Å². The minimum absolute atomic E-state index is 0.250. The van der Waals surface area contributed by atoms with E-state index >= 15 is 0 Å². The van der Waals surface area contributed by atoms with E-state index in [9.17, 15) is 8.42 Å². The topological polar surface area (TPSA) is 52.6 Å². The van der Waals surface area contributed by atoms with E-state index in [0.29, 0.717) is 48.1 Å². The Morgan fingerprint density at radius 2 is 1.67 bits per heavy atom. The molecule has 0 aromatic heterocycles. The SMILES string of the molecule is O=S(=O)(Cl)Cc1c2c(c(Cl)c3c1OCC3)OCC2. The molecule has 0 N–H and O–H groups in total. The highest BCUT2D eigenvalue weighted by atomic mass is 35.7. The number of hydrogen-bond acceptors (Lipinski definition) is 4. The third kappa shape index (κ3) is 1.94. The standard InChI is InChI=1S/C11H10Cl2O4S/c12-9-7-2-4-16-10(7)8(5-18(13,14)15)6-1-3-17-11(6)9/h1-5H2. The van der Waals surface area contributed by atoms with Crippen LogP contribution in [0.3, 0.4) is 0 Å². The van der Waals surface area contributed by atoms with Gasteiger partial charge in [-0.15, -0.1) is 0 Å². The van der Waals surface area contributed by atoms with Crippen LogP contribution in [0.5, 0.6) is 11.5 Å². The quantitative estimate of drug-likeness (QED) is 0.787. The molecular weight excluding hydrogens is 299 g/mol. The van der Waals surface area contributed by atoms with Crippen molar-refractivity contribution in [3.8, 4) is 11.5 Å². The highest BCUT2D eigenvalue weighted by Gasteiger charge is 2.32. The van der Waals surface area contributed by atoms with Crippen LogP contribution in [-0.4, -0.2) is 21.6 Å². The lowest BCUT2D eigenvalue weighted by molar-refractivity contribution is 0.354. The molecule has 0 saturated heterocycles. The minimum atomic E-state index is -3.64. The molecule has 7 heteroatoms. The largest absolute Gasteiger partial charge is 0.493 e. The Morgan fingerprint density at radius 3 is 2.33 bits per heavy atom. The first-order valence-electron chi connectivity index (χ1n) is 5.51. The average molecular weight is 309 g/mol. The fourth-order valence-electron chi connectivity index (χ4n) is 2.47. The lowest BCUT2D eigenvalue weighted by Gasteiger charge is -2.13. The molecule has 2 heterocycles. The van der Waals surface area contributed by atoms with E-state index in [2.05, 4.69) is 0 Å². The summed E-state index contributed by atoms with van der Waals surface area (Å²) in [6.07, 6.45) is 1.30. The molecule has 0 aliphatic carbocycles. The average Bonchev–Trinajstić information content (AvgIpc) is 2.91. The van der Waals surface area contributed by atoms with E-state index in [-0.39, 0.29) is 5.75 Å². The van der Waals surface area contributed by atoms with Crippen LogP contribution in [0.4, 0.5) is 0 Å². The molecule has 1 aromatic rings. The van der Waals surface area contributed by atoms with Crippen LogP contribution in [0.1, 0.15) is 16.7 Å². The van der Waals surface area contributed by atoms with Crippen molar-refractivity contribution in [1.29, 1.82) is 0 Å². The summed E-state index contributed by atoms with van der Waals surface area (Å²) in [7, 11) is 1.71. The van der Waals surface area contributed by atoms with E-state index in [1.807, 2.05) is 0 Å². The molecule has 0 fully saturated rings. The maximum atomic E-state index is 11.3. The normalized spacial score (nSPS) is 17.0. The molecule has 0 saturated carbocycles. The maximum Gasteiger partial charge on any atom is 0.236 e. The van der Waals surface area contributed by atoms with Gasteiger partial charge in [-0.2, -0.15) is 0 Å². The first-order chi connectivity index (χ1) is 8.47. The Kier molecular flexibility index (Phi) is 2.88. The molecule has 0 radical (unpaired) electrons. The highest BCUT2D eigenvalue weighted by molar-refractivity contribution is 8.13. The molecule has 1 aromatic carbocycles. The summed E-state index contributed by atoms with van der Waals surface area (Å²) in [5.41, 5.74) is 2.24. The van der Waals surface area contributed by atoms with Gasteiger partial charge in [0.2, 0.25) is 9.05 Å². The third-order valence-electron chi connectivity index (χ3n) is 3.16. The van der Waals surface area contributed by atoms with Gasteiger partial charge in [0.1, 0.15) is 11.5 Å². The predicted molar refractivity (Wildman–Crippen MR) is 68.3 cm³/mol. The zero-order valence-corrected chi connectivity index (χ0v) is 11.7. The maximum absolute atomic E-state index is 11.3. The monoisotopic (exact) mass is 308 g/mol. The zero-order chi connectivity index (χ0) is 12.9. The van der Waals surface area contributed by atoms with E-state index < -0.39 is 9.05 Å². The van der Waals surface area contributed by atoms with Crippen molar-refractivity contribution >= 4 is 31.3 Å². The molecule has 18 heavy (non-hydrogen) atoms. The molecule has 3 rings (SSSR count). The summed E-state index contributed by atoms with van der Waals surface area (Å²) in [5.74, 6) is 0.921. The van der Waals surface area contributed by atoms with Crippen molar-refractivity contribution < 1.29 is 17.9 Å². The van der Waals surface area contributed by atoms with E-state index in [1.54, 1.807) is 0 Å². The Bertz CT molecular complexity index is 589. The summed E-state index contributed by atoms with van der Waals surface area (Å²) in [6.45, 7) is 1.01. The van der Waals surface area contributed by atoms with Gasteiger partial charge in [-0.05, 0) is 0 Å². The van der Waals surface area contributed by atoms with Crippen LogP contribution >= 0.6 is 22.3 Å². The number of hydrogen-bond donors (Lipinski definition) is 0. The van der Waals surface area contributed by atoms with Crippen LogP contribution in [0, 0.1) is 0 Å². The Hall–Kier alpha value is -0.650. The Balaban J connectivity index is 2.24. The number of benzene rings is 1. The fourth-order valence-corrected chi connectivity index (χ4v) is 3.80. The first-order valence-corrected chi connectivity index (χ1v) is 8.37. The van der Waals surface area contributed by atoms with Crippen molar-refractivity contribution in [2.24, 2.45) is 0 Å². The van der Waals surface area contributed by atoms with Gasteiger partial charge >= 0.3 is 0 Å². The molecule has 2 aliphatic heterocycles. The van der Waals surface area contributed by atoms with Crippen molar-refractivity contribution in [3.05, 3.63) is 21.7 Å². The summed E-state index contributed by atoms with van der Waals surface area (Å²) in [4.78, 5) is 0. The van der Waals surface area contributed by atoms with Gasteiger partial charge in [-0.1, -0.05) is 11.6 Å². The summed E-state index contributed by atoms with van der Waals surface area (Å²) < 4.78 is 33.6. The van der Waals surface area contributed by atoms with Crippen LogP contribution in [-0.2, 0) is 27.6 Å². The molecule has 98 valence electrons. The molecule has 0 atom stereocenters. The van der Waals surface area contributed by atoms with Crippen molar-refractivity contribution in [3.63, 3.8) is 0 Å². The van der Waals surface area contributed by atoms with Gasteiger partial charge in [0.25, 0.3) is 0 Å². The summed E-state index contributed by atoms with van der Waals surface area (Å²) >= 11 is 6.26. The lowest BCUT2D eigenvalue weighted by atomic mass is 10.0. The van der Waals surface area contributed by atoms with Crippen LogP contribution < -0.4 is 9.47 Å². The molecule has 0 unspecified atom stereocenters. The molecular formula is C11H10Cl2O4S. The summed E-state index contributed by atoms with van der Waals surface area (Å²) in [5, 5.41) is 0.547. The smallest absolute Gasteiger partial charge is 0.236 e. The van der Waals surface area contributed by atoms with Crippen LogP contribution in [0.2, 0.25) is 5.02 Å². The van der Waals surface area contributed by atoms with E-state index in [1.165, 1.54) is 0 Å². The molecule has 2 aliphatic rings. The van der Waals surface area contributed by atoms with E-state index in [0.717, 1.165) is 11.1 Å². The second-order valence-corrected chi connectivity index (χ2v) is 7.44. The van der Waals surface area contributed by atoms with Gasteiger partial charge in [-0.3, -0.25) is 0 Å².